The molecule has 0 aliphatic rings. The van der Waals surface area contributed by atoms with Gasteiger partial charge in [-0.3, -0.25) is 0 Å². The molecular weight excluding hydrogens is 196 g/mol. The van der Waals surface area contributed by atoms with E-state index in [1.54, 1.807) is 0 Å². The largest absolute Gasteiger partial charge is 0.340 e. The lowest BCUT2D eigenvalue weighted by atomic mass is 10.2. The molecule has 0 aliphatic carbocycles. The van der Waals surface area contributed by atoms with Crippen molar-refractivity contribution in [3.63, 3.8) is 0 Å². The smallest absolute Gasteiger partial charge is 0.133 e. The average Bonchev–Trinajstić information content (AvgIpc) is 2.22. The van der Waals surface area contributed by atoms with Gasteiger partial charge in [0.05, 0.1) is 0 Å². The zero-order valence-corrected chi connectivity index (χ0v) is 9.91. The molecule has 82 valence electrons. The Morgan fingerprint density at radius 2 is 1.81 bits per heavy atom. The molecule has 1 aromatic carbocycles. The Morgan fingerprint density at radius 1 is 1.00 bits per heavy atom. The topological polar surface area (TPSA) is 24.9 Å². The highest BCUT2D eigenvalue weighted by Crippen LogP contribution is 2.19. The summed E-state index contributed by atoms with van der Waals surface area (Å²) in [4.78, 5) is 4.39. The number of hydrogen-bond donors (Lipinski definition) is 1. The lowest BCUT2D eigenvalue weighted by Crippen LogP contribution is -1.96. The molecule has 0 saturated carbocycles. The zero-order valence-electron chi connectivity index (χ0n) is 9.91. The van der Waals surface area contributed by atoms with Crippen LogP contribution in [0.5, 0.6) is 0 Å². The summed E-state index contributed by atoms with van der Waals surface area (Å²) < 4.78 is 0. The maximum atomic E-state index is 4.39. The van der Waals surface area contributed by atoms with E-state index in [0.717, 1.165) is 11.5 Å². The molecule has 2 nitrogen and oxygen atoms in total. The summed E-state index contributed by atoms with van der Waals surface area (Å²) in [6, 6.07) is 10.4. The molecular formula is C14H16N2. The minimum absolute atomic E-state index is 0.927. The van der Waals surface area contributed by atoms with Crippen LogP contribution in [0.25, 0.3) is 0 Å². The van der Waals surface area contributed by atoms with Gasteiger partial charge in [-0.1, -0.05) is 18.2 Å². The van der Waals surface area contributed by atoms with Crippen molar-refractivity contribution < 1.29 is 0 Å². The summed E-state index contributed by atoms with van der Waals surface area (Å²) >= 11 is 0. The van der Waals surface area contributed by atoms with E-state index in [9.17, 15) is 0 Å². The SMILES string of the molecule is Cc1cccc(Nc2ncc(C)cc2C)c1. The Labute approximate surface area is 96.4 Å². The van der Waals surface area contributed by atoms with Crippen molar-refractivity contribution in [1.82, 2.24) is 4.98 Å². The first-order valence-corrected chi connectivity index (χ1v) is 5.42. The van der Waals surface area contributed by atoms with Crippen LogP contribution < -0.4 is 5.32 Å². The van der Waals surface area contributed by atoms with Crippen LogP contribution in [0.2, 0.25) is 0 Å². The molecule has 0 unspecified atom stereocenters. The van der Waals surface area contributed by atoms with Crippen LogP contribution in [0.15, 0.2) is 36.5 Å². The van der Waals surface area contributed by atoms with Gasteiger partial charge in [0.2, 0.25) is 0 Å². The molecule has 0 atom stereocenters. The molecule has 2 rings (SSSR count). The third-order valence-corrected chi connectivity index (χ3v) is 2.50. The van der Waals surface area contributed by atoms with Crippen molar-refractivity contribution in [2.75, 3.05) is 5.32 Å². The van der Waals surface area contributed by atoms with E-state index < -0.39 is 0 Å². The van der Waals surface area contributed by atoms with E-state index >= 15 is 0 Å². The molecule has 0 bridgehead atoms. The van der Waals surface area contributed by atoms with Crippen molar-refractivity contribution in [1.29, 1.82) is 0 Å². The van der Waals surface area contributed by atoms with E-state index in [-0.39, 0.29) is 0 Å². The maximum absolute atomic E-state index is 4.39. The van der Waals surface area contributed by atoms with Gasteiger partial charge in [0.15, 0.2) is 0 Å². The molecule has 2 aromatic rings. The van der Waals surface area contributed by atoms with Crippen LogP contribution in [0.1, 0.15) is 16.7 Å². The third-order valence-electron chi connectivity index (χ3n) is 2.50. The average molecular weight is 212 g/mol. The van der Waals surface area contributed by atoms with E-state index in [1.807, 2.05) is 18.3 Å². The van der Waals surface area contributed by atoms with Gasteiger partial charge < -0.3 is 5.32 Å². The summed E-state index contributed by atoms with van der Waals surface area (Å²) in [5, 5.41) is 3.33. The van der Waals surface area contributed by atoms with Crippen LogP contribution in [0.3, 0.4) is 0 Å². The Morgan fingerprint density at radius 3 is 2.50 bits per heavy atom. The van der Waals surface area contributed by atoms with Crippen LogP contribution in [0, 0.1) is 20.8 Å². The van der Waals surface area contributed by atoms with Gasteiger partial charge in [-0.25, -0.2) is 4.98 Å². The Hall–Kier alpha value is -1.83. The zero-order chi connectivity index (χ0) is 11.5. The number of aromatic nitrogens is 1. The van der Waals surface area contributed by atoms with Crippen molar-refractivity contribution in [2.45, 2.75) is 20.8 Å². The van der Waals surface area contributed by atoms with Crippen molar-refractivity contribution in [3.8, 4) is 0 Å². The molecule has 0 fully saturated rings. The Balaban J connectivity index is 2.27. The monoisotopic (exact) mass is 212 g/mol. The number of anilines is 2. The molecule has 1 N–H and O–H groups in total. The van der Waals surface area contributed by atoms with Crippen LogP contribution in [-0.2, 0) is 0 Å². The molecule has 0 amide bonds. The van der Waals surface area contributed by atoms with Crippen molar-refractivity contribution in [3.05, 3.63) is 53.2 Å². The van der Waals surface area contributed by atoms with Crippen molar-refractivity contribution >= 4 is 11.5 Å². The first kappa shape index (κ1) is 10.7. The van der Waals surface area contributed by atoms with Gasteiger partial charge in [-0.2, -0.15) is 0 Å². The number of benzene rings is 1. The molecule has 1 aromatic heterocycles. The Bertz CT molecular complexity index is 504. The highest BCUT2D eigenvalue weighted by molar-refractivity contribution is 5.59. The maximum Gasteiger partial charge on any atom is 0.133 e. The lowest BCUT2D eigenvalue weighted by Gasteiger charge is -2.09. The molecule has 0 radical (unpaired) electrons. The quantitative estimate of drug-likeness (QED) is 0.820. The van der Waals surface area contributed by atoms with Gasteiger partial charge in [0.25, 0.3) is 0 Å². The highest BCUT2D eigenvalue weighted by atomic mass is 15.0. The number of rotatable bonds is 2. The number of nitrogens with zero attached hydrogens (tertiary/aromatic N) is 1. The third kappa shape index (κ3) is 2.40. The highest BCUT2D eigenvalue weighted by Gasteiger charge is 2.00. The van der Waals surface area contributed by atoms with Gasteiger partial charge in [-0.15, -0.1) is 0 Å². The molecule has 0 spiro atoms. The summed E-state index contributed by atoms with van der Waals surface area (Å²) in [5.41, 5.74) is 4.68. The fourth-order valence-corrected chi connectivity index (χ4v) is 1.71. The first-order chi connectivity index (χ1) is 7.65. The van der Waals surface area contributed by atoms with E-state index in [2.05, 4.69) is 49.3 Å². The predicted molar refractivity (Wildman–Crippen MR) is 68.2 cm³/mol. The summed E-state index contributed by atoms with van der Waals surface area (Å²) in [7, 11) is 0. The predicted octanol–water partition coefficient (Wildman–Crippen LogP) is 3.75. The fraction of sp³-hybridized carbons (Fsp3) is 0.214. The van der Waals surface area contributed by atoms with Gasteiger partial charge in [0.1, 0.15) is 5.82 Å². The van der Waals surface area contributed by atoms with E-state index in [4.69, 9.17) is 0 Å². The van der Waals surface area contributed by atoms with Crippen molar-refractivity contribution in [2.24, 2.45) is 0 Å². The van der Waals surface area contributed by atoms with Gasteiger partial charge in [-0.05, 0) is 49.6 Å². The normalized spacial score (nSPS) is 10.2. The minimum Gasteiger partial charge on any atom is -0.340 e. The Kier molecular flexibility index (Phi) is 2.91. The van der Waals surface area contributed by atoms with Crippen LogP contribution >= 0.6 is 0 Å². The molecule has 16 heavy (non-hydrogen) atoms. The standard InChI is InChI=1S/C14H16N2/c1-10-5-4-6-13(8-10)16-14-12(3)7-11(2)9-15-14/h4-9H,1-3H3,(H,15,16). The second kappa shape index (κ2) is 4.35. The summed E-state index contributed by atoms with van der Waals surface area (Å²) in [5.74, 6) is 0.927. The second-order valence-corrected chi connectivity index (χ2v) is 4.17. The summed E-state index contributed by atoms with van der Waals surface area (Å²) in [6.07, 6.45) is 1.88. The van der Waals surface area contributed by atoms with E-state index in [0.29, 0.717) is 0 Å². The van der Waals surface area contributed by atoms with Crippen LogP contribution in [-0.4, -0.2) is 4.98 Å². The second-order valence-electron chi connectivity index (χ2n) is 4.17. The van der Waals surface area contributed by atoms with Gasteiger partial charge in [0, 0.05) is 11.9 Å². The number of aryl methyl sites for hydroxylation is 3. The summed E-state index contributed by atoms with van der Waals surface area (Å²) in [6.45, 7) is 6.20. The van der Waals surface area contributed by atoms with Gasteiger partial charge >= 0.3 is 0 Å². The molecule has 0 aliphatic heterocycles. The minimum atomic E-state index is 0.927. The first-order valence-electron chi connectivity index (χ1n) is 5.42. The molecule has 0 saturated heterocycles. The lowest BCUT2D eigenvalue weighted by molar-refractivity contribution is 1.21. The van der Waals surface area contributed by atoms with E-state index in [1.165, 1.54) is 16.7 Å². The number of hydrogen-bond acceptors (Lipinski definition) is 2. The number of nitrogens with one attached hydrogen (secondary N) is 1. The van der Waals surface area contributed by atoms with Crippen LogP contribution in [0.4, 0.5) is 11.5 Å². The molecule has 1 heterocycles. The number of pyridine rings is 1. The fourth-order valence-electron chi connectivity index (χ4n) is 1.71. The molecule has 2 heteroatoms.